The number of halogens is 2. The largest absolute Gasteiger partial charge is 0.495 e. The molecule has 0 saturated carbocycles. The second kappa shape index (κ2) is 6.95. The second-order valence-electron chi connectivity index (χ2n) is 4.62. The van der Waals surface area contributed by atoms with Crippen LogP contribution >= 0.6 is 27.5 Å². The van der Waals surface area contributed by atoms with Gasteiger partial charge in [0, 0.05) is 11.2 Å². The van der Waals surface area contributed by atoms with Crippen molar-refractivity contribution >= 4 is 39.1 Å². The first kappa shape index (κ1) is 15.9. The molecule has 1 atom stereocenters. The third kappa shape index (κ3) is 4.22. The number of benzene rings is 1. The van der Waals surface area contributed by atoms with Gasteiger partial charge in [-0.2, -0.15) is 5.10 Å². The molecule has 21 heavy (non-hydrogen) atoms. The molecule has 2 rings (SSSR count). The molecule has 0 saturated heterocycles. The first-order chi connectivity index (χ1) is 9.99. The molecule has 1 aromatic carbocycles. The van der Waals surface area contributed by atoms with Crippen LogP contribution in [0.2, 0.25) is 5.02 Å². The Kier molecular flexibility index (Phi) is 5.25. The van der Waals surface area contributed by atoms with Crippen LogP contribution in [-0.4, -0.2) is 22.8 Å². The van der Waals surface area contributed by atoms with Crippen molar-refractivity contribution in [2.24, 2.45) is 5.92 Å². The van der Waals surface area contributed by atoms with E-state index in [1.54, 1.807) is 36.2 Å². The zero-order valence-electron chi connectivity index (χ0n) is 11.6. The minimum atomic E-state index is -0.250. The Morgan fingerprint density at radius 3 is 2.95 bits per heavy atom. The quantitative estimate of drug-likeness (QED) is 0.873. The fourth-order valence-corrected chi connectivity index (χ4v) is 2.34. The van der Waals surface area contributed by atoms with Crippen LogP contribution in [0.25, 0.3) is 0 Å². The maximum atomic E-state index is 12.2. The summed E-state index contributed by atoms with van der Waals surface area (Å²) in [5, 5.41) is 7.50. The minimum Gasteiger partial charge on any atom is -0.495 e. The van der Waals surface area contributed by atoms with Gasteiger partial charge >= 0.3 is 0 Å². The van der Waals surface area contributed by atoms with Gasteiger partial charge in [-0.05, 0) is 34.1 Å². The van der Waals surface area contributed by atoms with E-state index in [1.807, 2.05) is 13.1 Å². The van der Waals surface area contributed by atoms with Crippen LogP contribution in [0.4, 0.5) is 5.69 Å². The van der Waals surface area contributed by atoms with Gasteiger partial charge in [0.05, 0.1) is 35.9 Å². The Morgan fingerprint density at radius 2 is 2.33 bits per heavy atom. The predicted octanol–water partition coefficient (Wildman–Crippen LogP) is 3.58. The molecular weight excluding hydrogens is 358 g/mol. The maximum absolute atomic E-state index is 12.2. The number of rotatable bonds is 5. The molecule has 1 amide bonds. The van der Waals surface area contributed by atoms with Crippen molar-refractivity contribution < 1.29 is 9.53 Å². The Hall–Kier alpha value is -1.53. The van der Waals surface area contributed by atoms with E-state index < -0.39 is 0 Å². The fourth-order valence-electron chi connectivity index (χ4n) is 1.84. The van der Waals surface area contributed by atoms with Crippen LogP contribution in [0, 0.1) is 5.92 Å². The SMILES string of the molecule is COc1ccc(Cl)cc1NC(=O)C(C)Cn1cc(Br)cn1. The molecular formula is C14H15BrClN3O2. The van der Waals surface area contributed by atoms with Gasteiger partial charge in [-0.1, -0.05) is 18.5 Å². The van der Waals surface area contributed by atoms with Gasteiger partial charge in [-0.15, -0.1) is 0 Å². The molecule has 0 spiro atoms. The van der Waals surface area contributed by atoms with Crippen molar-refractivity contribution in [3.05, 3.63) is 40.1 Å². The Labute approximate surface area is 136 Å². The minimum absolute atomic E-state index is 0.123. The molecule has 0 aliphatic rings. The molecule has 2 aromatic rings. The number of nitrogens with zero attached hydrogens (tertiary/aromatic N) is 2. The Morgan fingerprint density at radius 1 is 1.57 bits per heavy atom. The maximum Gasteiger partial charge on any atom is 0.229 e. The first-order valence-corrected chi connectivity index (χ1v) is 7.49. The molecule has 1 heterocycles. The smallest absolute Gasteiger partial charge is 0.229 e. The molecule has 112 valence electrons. The highest BCUT2D eigenvalue weighted by molar-refractivity contribution is 9.10. The fraction of sp³-hybridized carbons (Fsp3) is 0.286. The number of amides is 1. The number of carbonyl (C=O) groups excluding carboxylic acids is 1. The molecule has 0 aliphatic heterocycles. The average molecular weight is 373 g/mol. The summed E-state index contributed by atoms with van der Waals surface area (Å²) in [4.78, 5) is 12.2. The van der Waals surface area contributed by atoms with Crippen LogP contribution < -0.4 is 10.1 Å². The van der Waals surface area contributed by atoms with Crippen LogP contribution in [0.15, 0.2) is 35.1 Å². The number of ether oxygens (including phenoxy) is 1. The van der Waals surface area contributed by atoms with Crippen LogP contribution in [0.3, 0.4) is 0 Å². The molecule has 0 bridgehead atoms. The highest BCUT2D eigenvalue weighted by atomic mass is 79.9. The zero-order chi connectivity index (χ0) is 15.4. The van der Waals surface area contributed by atoms with Crippen molar-refractivity contribution in [3.8, 4) is 5.75 Å². The average Bonchev–Trinajstić information content (AvgIpc) is 2.84. The summed E-state index contributed by atoms with van der Waals surface area (Å²) >= 11 is 9.27. The number of hydrogen-bond acceptors (Lipinski definition) is 3. The number of carbonyl (C=O) groups is 1. The number of aromatic nitrogens is 2. The van der Waals surface area contributed by atoms with Gasteiger partial charge in [0.25, 0.3) is 0 Å². The Bertz CT molecular complexity index is 645. The topological polar surface area (TPSA) is 56.1 Å². The third-order valence-corrected chi connectivity index (χ3v) is 3.57. The number of hydrogen-bond donors (Lipinski definition) is 1. The lowest BCUT2D eigenvalue weighted by Gasteiger charge is -2.14. The number of anilines is 1. The Balaban J connectivity index is 2.05. The second-order valence-corrected chi connectivity index (χ2v) is 5.97. The monoisotopic (exact) mass is 371 g/mol. The summed E-state index contributed by atoms with van der Waals surface area (Å²) in [6, 6.07) is 5.09. The van der Waals surface area contributed by atoms with Crippen molar-refractivity contribution in [2.75, 3.05) is 12.4 Å². The molecule has 1 N–H and O–H groups in total. The summed E-state index contributed by atoms with van der Waals surface area (Å²) in [5.74, 6) is 0.199. The van der Waals surface area contributed by atoms with E-state index in [9.17, 15) is 4.79 Å². The van der Waals surface area contributed by atoms with E-state index in [-0.39, 0.29) is 11.8 Å². The van der Waals surface area contributed by atoms with Gasteiger partial charge in [0.1, 0.15) is 5.75 Å². The molecule has 1 aromatic heterocycles. The highest BCUT2D eigenvalue weighted by Gasteiger charge is 2.16. The van der Waals surface area contributed by atoms with E-state index in [2.05, 4.69) is 26.3 Å². The predicted molar refractivity (Wildman–Crippen MR) is 85.7 cm³/mol. The summed E-state index contributed by atoms with van der Waals surface area (Å²) in [6.07, 6.45) is 3.51. The van der Waals surface area contributed by atoms with Crippen LogP contribution in [-0.2, 0) is 11.3 Å². The first-order valence-electron chi connectivity index (χ1n) is 6.32. The van der Waals surface area contributed by atoms with E-state index in [4.69, 9.17) is 16.3 Å². The summed E-state index contributed by atoms with van der Waals surface area (Å²) < 4.78 is 7.80. The lowest BCUT2D eigenvalue weighted by atomic mass is 10.1. The van der Waals surface area contributed by atoms with E-state index in [0.717, 1.165) is 4.47 Å². The molecule has 1 unspecified atom stereocenters. The van der Waals surface area contributed by atoms with Crippen LogP contribution in [0.1, 0.15) is 6.92 Å². The normalized spacial score (nSPS) is 12.0. The standard InChI is InChI=1S/C14H15BrClN3O2/c1-9(7-19-8-10(15)6-17-19)14(20)18-12-5-11(16)3-4-13(12)21-2/h3-6,8-9H,7H2,1-2H3,(H,18,20). The van der Waals surface area contributed by atoms with Crippen molar-refractivity contribution in [2.45, 2.75) is 13.5 Å². The van der Waals surface area contributed by atoms with Gasteiger partial charge < -0.3 is 10.1 Å². The van der Waals surface area contributed by atoms with Crippen molar-refractivity contribution in [1.82, 2.24) is 9.78 Å². The summed E-state index contributed by atoms with van der Waals surface area (Å²) in [5.41, 5.74) is 0.559. The van der Waals surface area contributed by atoms with Gasteiger partial charge in [0.2, 0.25) is 5.91 Å². The highest BCUT2D eigenvalue weighted by Crippen LogP contribution is 2.28. The van der Waals surface area contributed by atoms with E-state index in [1.165, 1.54) is 0 Å². The van der Waals surface area contributed by atoms with Crippen molar-refractivity contribution in [3.63, 3.8) is 0 Å². The van der Waals surface area contributed by atoms with Gasteiger partial charge in [-0.3, -0.25) is 9.48 Å². The molecule has 0 radical (unpaired) electrons. The summed E-state index contributed by atoms with van der Waals surface area (Å²) in [7, 11) is 1.55. The van der Waals surface area contributed by atoms with E-state index >= 15 is 0 Å². The molecule has 5 nitrogen and oxygen atoms in total. The lowest BCUT2D eigenvalue weighted by Crippen LogP contribution is -2.24. The van der Waals surface area contributed by atoms with Gasteiger partial charge in [0.15, 0.2) is 0 Å². The van der Waals surface area contributed by atoms with E-state index in [0.29, 0.717) is 23.0 Å². The third-order valence-electron chi connectivity index (χ3n) is 2.93. The lowest BCUT2D eigenvalue weighted by molar-refractivity contribution is -0.119. The molecule has 0 aliphatic carbocycles. The van der Waals surface area contributed by atoms with Crippen molar-refractivity contribution in [1.29, 1.82) is 0 Å². The van der Waals surface area contributed by atoms with Crippen LogP contribution in [0.5, 0.6) is 5.75 Å². The molecule has 0 fully saturated rings. The van der Waals surface area contributed by atoms with Gasteiger partial charge in [-0.25, -0.2) is 0 Å². The summed E-state index contributed by atoms with van der Waals surface area (Å²) in [6.45, 7) is 2.32. The molecule has 7 heteroatoms. The number of methoxy groups -OCH3 is 1. The number of nitrogens with one attached hydrogen (secondary N) is 1. The zero-order valence-corrected chi connectivity index (χ0v) is 14.0.